The quantitative estimate of drug-likeness (QED) is 0.274. The zero-order valence-electron chi connectivity index (χ0n) is 19.7. The maximum Gasteiger partial charge on any atom is 0.362 e. The number of aromatic carboxylic acids is 1. The number of carboxylic acids is 1. The number of unbranched alkanes of at least 4 members (excludes halogenated alkanes) is 1. The number of aryl methyl sites for hydroxylation is 1. The Morgan fingerprint density at radius 1 is 1.09 bits per heavy atom. The van der Waals surface area contributed by atoms with E-state index in [0.29, 0.717) is 34.8 Å². The molecule has 182 valence electrons. The Morgan fingerprint density at radius 2 is 1.83 bits per heavy atom. The fraction of sp³-hybridized carbons (Fsp3) is 0.280. The van der Waals surface area contributed by atoms with Crippen LogP contribution < -0.4 is 0 Å². The van der Waals surface area contributed by atoms with Crippen molar-refractivity contribution in [3.63, 3.8) is 0 Å². The molecular weight excluding hydrogens is 468 g/mol. The number of pyridine rings is 1. The predicted molar refractivity (Wildman–Crippen MR) is 132 cm³/mol. The Balaban J connectivity index is 1.85. The molecule has 0 aliphatic carbocycles. The number of esters is 1. The molecular formula is C25H26N4O5S. The van der Waals surface area contributed by atoms with E-state index in [1.54, 1.807) is 60.2 Å². The highest BCUT2D eigenvalue weighted by atomic mass is 32.2. The third-order valence-corrected chi connectivity index (χ3v) is 6.37. The number of aromatic nitrogens is 4. The summed E-state index contributed by atoms with van der Waals surface area (Å²) in [6, 6.07) is 12.3. The van der Waals surface area contributed by atoms with Crippen molar-refractivity contribution in [2.45, 2.75) is 38.1 Å². The molecule has 0 spiro atoms. The van der Waals surface area contributed by atoms with Crippen molar-refractivity contribution in [3.05, 3.63) is 65.9 Å². The first-order valence-corrected chi connectivity index (χ1v) is 12.9. The van der Waals surface area contributed by atoms with Gasteiger partial charge in [-0.3, -0.25) is 8.97 Å². The average Bonchev–Trinajstić information content (AvgIpc) is 3.42. The molecule has 0 aliphatic rings. The fourth-order valence-electron chi connectivity index (χ4n) is 3.97. The molecule has 1 unspecified atom stereocenters. The number of imidazole rings is 2. The monoisotopic (exact) mass is 494 g/mol. The van der Waals surface area contributed by atoms with Crippen molar-refractivity contribution in [2.24, 2.45) is 0 Å². The molecule has 35 heavy (non-hydrogen) atoms. The number of ether oxygens (including phenoxy) is 1. The fourth-order valence-corrected chi connectivity index (χ4v) is 4.65. The molecule has 0 radical (unpaired) electrons. The van der Waals surface area contributed by atoms with Crippen LogP contribution in [0.15, 0.2) is 53.7 Å². The molecule has 3 heterocycles. The first kappa shape index (κ1) is 24.5. The van der Waals surface area contributed by atoms with Crippen LogP contribution in [0.3, 0.4) is 0 Å². The SMILES string of the molecule is CCCCc1nc([S+](C)[O-])c(C(=O)OCC)n1-c1ccc(-c2nc3ccccn3c2C(=O)O)cc1. The van der Waals surface area contributed by atoms with Gasteiger partial charge in [0.25, 0.3) is 5.03 Å². The predicted octanol–water partition coefficient (Wildman–Crippen LogP) is 4.14. The van der Waals surface area contributed by atoms with Crippen LogP contribution in [0, 0.1) is 0 Å². The van der Waals surface area contributed by atoms with Crippen LogP contribution in [0.5, 0.6) is 0 Å². The highest BCUT2D eigenvalue weighted by Gasteiger charge is 2.31. The number of carboxylic acid groups (broad SMARTS) is 1. The van der Waals surface area contributed by atoms with Crippen LogP contribution in [0.2, 0.25) is 0 Å². The van der Waals surface area contributed by atoms with Crippen LogP contribution in [0.1, 0.15) is 53.5 Å². The number of carbonyl (C=O) groups is 2. The second kappa shape index (κ2) is 10.3. The molecule has 3 aromatic heterocycles. The molecule has 0 aliphatic heterocycles. The lowest BCUT2D eigenvalue weighted by Gasteiger charge is -2.12. The summed E-state index contributed by atoms with van der Waals surface area (Å²) in [7, 11) is 0. The van der Waals surface area contributed by atoms with Crippen molar-refractivity contribution in [2.75, 3.05) is 12.9 Å². The van der Waals surface area contributed by atoms with Gasteiger partial charge in [0.15, 0.2) is 5.69 Å². The second-order valence-corrected chi connectivity index (χ2v) is 9.18. The number of hydrogen-bond acceptors (Lipinski definition) is 6. The van der Waals surface area contributed by atoms with E-state index >= 15 is 0 Å². The van der Waals surface area contributed by atoms with E-state index < -0.39 is 23.1 Å². The minimum atomic E-state index is -1.50. The Labute approximate surface area is 205 Å². The van der Waals surface area contributed by atoms with Gasteiger partial charge in [0, 0.05) is 35.0 Å². The lowest BCUT2D eigenvalue weighted by atomic mass is 10.1. The third-order valence-electron chi connectivity index (χ3n) is 5.54. The van der Waals surface area contributed by atoms with Gasteiger partial charge in [0.1, 0.15) is 23.4 Å². The van der Waals surface area contributed by atoms with Crippen molar-refractivity contribution in [1.82, 2.24) is 18.9 Å². The van der Waals surface area contributed by atoms with Crippen molar-refractivity contribution in [3.8, 4) is 16.9 Å². The minimum Gasteiger partial charge on any atom is -0.610 e. The van der Waals surface area contributed by atoms with Crippen molar-refractivity contribution >= 4 is 28.8 Å². The summed E-state index contributed by atoms with van der Waals surface area (Å²) in [6.07, 6.45) is 5.51. The Morgan fingerprint density at radius 3 is 2.46 bits per heavy atom. The van der Waals surface area contributed by atoms with Gasteiger partial charge in [0.05, 0.1) is 6.61 Å². The number of fused-ring (bicyclic) bond motifs is 1. The smallest absolute Gasteiger partial charge is 0.362 e. The van der Waals surface area contributed by atoms with E-state index in [1.165, 1.54) is 10.7 Å². The molecule has 4 aromatic rings. The largest absolute Gasteiger partial charge is 0.610 e. The van der Waals surface area contributed by atoms with E-state index in [9.17, 15) is 19.2 Å². The van der Waals surface area contributed by atoms with Crippen LogP contribution in [0.4, 0.5) is 0 Å². The van der Waals surface area contributed by atoms with Gasteiger partial charge < -0.3 is 14.4 Å². The summed E-state index contributed by atoms with van der Waals surface area (Å²) in [5.41, 5.74) is 2.32. The average molecular weight is 495 g/mol. The second-order valence-electron chi connectivity index (χ2n) is 7.89. The lowest BCUT2D eigenvalue weighted by molar-refractivity contribution is 0.0511. The molecule has 0 saturated heterocycles. The molecule has 10 heteroatoms. The molecule has 4 rings (SSSR count). The summed E-state index contributed by atoms with van der Waals surface area (Å²) in [6.45, 7) is 3.94. The normalized spacial score (nSPS) is 12.1. The number of rotatable bonds is 9. The Hall–Kier alpha value is -3.63. The Bertz CT molecular complexity index is 1370. The first-order chi connectivity index (χ1) is 16.9. The zero-order chi connectivity index (χ0) is 25.1. The van der Waals surface area contributed by atoms with Gasteiger partial charge in [-0.25, -0.2) is 14.6 Å². The van der Waals surface area contributed by atoms with E-state index in [0.717, 1.165) is 12.8 Å². The van der Waals surface area contributed by atoms with Crippen molar-refractivity contribution in [1.29, 1.82) is 0 Å². The molecule has 1 N–H and O–H groups in total. The van der Waals surface area contributed by atoms with E-state index in [4.69, 9.17) is 4.74 Å². The van der Waals surface area contributed by atoms with Gasteiger partial charge in [-0.2, -0.15) is 4.98 Å². The molecule has 1 aromatic carbocycles. The topological polar surface area (TPSA) is 122 Å². The van der Waals surface area contributed by atoms with Crippen LogP contribution in [0.25, 0.3) is 22.6 Å². The maximum atomic E-state index is 12.9. The van der Waals surface area contributed by atoms with Gasteiger partial charge >= 0.3 is 11.9 Å². The van der Waals surface area contributed by atoms with Crippen LogP contribution >= 0.6 is 0 Å². The van der Waals surface area contributed by atoms with Crippen LogP contribution in [-0.2, 0) is 22.3 Å². The molecule has 0 amide bonds. The first-order valence-electron chi connectivity index (χ1n) is 11.3. The van der Waals surface area contributed by atoms with E-state index in [2.05, 4.69) is 16.9 Å². The minimum absolute atomic E-state index is 0.0653. The summed E-state index contributed by atoms with van der Waals surface area (Å²) in [5.74, 6) is -1.06. The van der Waals surface area contributed by atoms with Crippen molar-refractivity contribution < 1.29 is 24.0 Å². The Kier molecular flexibility index (Phi) is 7.23. The molecule has 9 nitrogen and oxygen atoms in total. The zero-order valence-corrected chi connectivity index (χ0v) is 20.5. The molecule has 1 atom stereocenters. The van der Waals surface area contributed by atoms with E-state index in [1.807, 2.05) is 0 Å². The standard InChI is InChI=1S/C25H26N4O5S/c1-4-6-9-19-27-23(35(3)33)22(25(32)34-5-2)29(19)17-13-11-16(12-14-17)20-21(24(30)31)28-15-8-7-10-18(28)26-20/h7-8,10-15H,4-6,9H2,1-3H3,(H,30,31). The molecule has 0 bridgehead atoms. The molecule has 0 fully saturated rings. The summed E-state index contributed by atoms with van der Waals surface area (Å²) >= 11 is -1.50. The number of nitrogens with zero attached hydrogens (tertiary/aromatic N) is 4. The highest BCUT2D eigenvalue weighted by molar-refractivity contribution is 7.90. The summed E-state index contributed by atoms with van der Waals surface area (Å²) < 4.78 is 20.9. The third kappa shape index (κ3) is 4.67. The van der Waals surface area contributed by atoms with E-state index in [-0.39, 0.29) is 23.0 Å². The number of hydrogen-bond donors (Lipinski definition) is 1. The molecule has 0 saturated carbocycles. The van der Waals surface area contributed by atoms with Gasteiger partial charge in [0.2, 0.25) is 5.69 Å². The number of carbonyl (C=O) groups excluding carboxylic acids is 1. The van der Waals surface area contributed by atoms with Crippen LogP contribution in [-0.4, -0.2) is 53.4 Å². The lowest BCUT2D eigenvalue weighted by Crippen LogP contribution is -2.16. The summed E-state index contributed by atoms with van der Waals surface area (Å²) in [4.78, 5) is 33.9. The van der Waals surface area contributed by atoms with Gasteiger partial charge in [-0.1, -0.05) is 31.5 Å². The van der Waals surface area contributed by atoms with Gasteiger partial charge in [-0.05, 0) is 37.6 Å². The summed E-state index contributed by atoms with van der Waals surface area (Å²) in [5, 5.41) is 10.0. The number of benzene rings is 1. The maximum absolute atomic E-state index is 12.9. The highest BCUT2D eigenvalue weighted by Crippen LogP contribution is 2.29. The van der Waals surface area contributed by atoms with Gasteiger partial charge in [-0.15, -0.1) is 0 Å².